The summed E-state index contributed by atoms with van der Waals surface area (Å²) < 4.78 is 0. The van der Waals surface area contributed by atoms with E-state index in [2.05, 4.69) is 34.5 Å². The largest absolute Gasteiger partial charge is 0.194 e. The molecule has 0 radical (unpaired) electrons. The third kappa shape index (κ3) is 0.973. The highest BCUT2D eigenvalue weighted by atomic mass is 15.1. The van der Waals surface area contributed by atoms with E-state index in [-0.39, 0.29) is 0 Å². The van der Waals surface area contributed by atoms with Crippen molar-refractivity contribution in [2.24, 2.45) is 0 Å². The lowest BCUT2D eigenvalue weighted by atomic mass is 10.1. The summed E-state index contributed by atoms with van der Waals surface area (Å²) in [5, 5.41) is 10.8. The first kappa shape index (κ1) is 7.44. The molecule has 1 heterocycles. The first-order chi connectivity index (χ1) is 6.95. The Morgan fingerprint density at radius 2 is 1.71 bits per heavy atom. The molecule has 0 saturated heterocycles. The van der Waals surface area contributed by atoms with Crippen LogP contribution < -0.4 is 5.10 Å². The van der Waals surface area contributed by atoms with Gasteiger partial charge in [-0.3, -0.25) is 0 Å². The molecule has 0 spiro atoms. The average molecular weight is 181 g/mol. The maximum absolute atomic E-state index is 4.28. The highest BCUT2D eigenvalue weighted by molar-refractivity contribution is 6.04. The number of H-pyrrole nitrogens is 1. The van der Waals surface area contributed by atoms with E-state index in [0.29, 0.717) is 0 Å². The molecule has 0 amide bonds. The summed E-state index contributed by atoms with van der Waals surface area (Å²) in [5.41, 5.74) is 1.03. The lowest BCUT2D eigenvalue weighted by molar-refractivity contribution is -0.451. The second kappa shape index (κ2) is 2.77. The third-order valence-electron chi connectivity index (χ3n) is 2.45. The summed E-state index contributed by atoms with van der Waals surface area (Å²) in [4.78, 5) is 0. The van der Waals surface area contributed by atoms with Gasteiger partial charge >= 0.3 is 0 Å². The van der Waals surface area contributed by atoms with E-state index in [4.69, 9.17) is 0 Å². The number of rotatable bonds is 0. The Morgan fingerprint density at radius 1 is 0.857 bits per heavy atom. The van der Waals surface area contributed by atoms with Crippen LogP contribution in [0.3, 0.4) is 0 Å². The molecular weight excluding hydrogens is 172 g/mol. The number of benzene rings is 2. The Morgan fingerprint density at radius 3 is 2.71 bits per heavy atom. The molecule has 0 unspecified atom stereocenters. The number of nitrogens with one attached hydrogen (secondary N) is 1. The maximum Gasteiger partial charge on any atom is 0.194 e. The normalized spacial score (nSPS) is 10.9. The molecule has 66 valence electrons. The van der Waals surface area contributed by atoms with Crippen molar-refractivity contribution in [2.75, 3.05) is 0 Å². The topological polar surface area (TPSA) is 27.0 Å². The van der Waals surface area contributed by atoms with Crippen LogP contribution in [0.1, 0.15) is 0 Å². The van der Waals surface area contributed by atoms with E-state index in [1.807, 2.05) is 24.4 Å². The first-order valence-electron chi connectivity index (χ1n) is 4.60. The summed E-state index contributed by atoms with van der Waals surface area (Å²) in [7, 11) is 0. The fourth-order valence-corrected chi connectivity index (χ4v) is 1.76. The Hall–Kier alpha value is -1.96. The monoisotopic (exact) mass is 181 g/mol. The summed E-state index contributed by atoms with van der Waals surface area (Å²) in [5.74, 6) is 0. The molecule has 2 aromatic carbocycles. The van der Waals surface area contributed by atoms with Gasteiger partial charge in [0.1, 0.15) is 5.52 Å². The smallest absolute Gasteiger partial charge is 0.106 e. The van der Waals surface area contributed by atoms with E-state index in [0.717, 1.165) is 5.52 Å². The van der Waals surface area contributed by atoms with Crippen molar-refractivity contribution < 1.29 is 5.10 Å². The molecule has 3 aromatic rings. The van der Waals surface area contributed by atoms with Gasteiger partial charge in [0.15, 0.2) is 6.20 Å². The summed E-state index contributed by atoms with van der Waals surface area (Å²) in [6, 6.07) is 14.5. The zero-order valence-corrected chi connectivity index (χ0v) is 7.57. The van der Waals surface area contributed by atoms with Crippen LogP contribution in [0.2, 0.25) is 0 Å². The van der Waals surface area contributed by atoms with E-state index in [1.54, 1.807) is 0 Å². The summed E-state index contributed by atoms with van der Waals surface area (Å²) >= 11 is 0. The molecule has 2 heteroatoms. The van der Waals surface area contributed by atoms with Crippen molar-refractivity contribution >= 4 is 21.7 Å². The van der Waals surface area contributed by atoms with Crippen molar-refractivity contribution in [2.45, 2.75) is 0 Å². The molecule has 2 nitrogen and oxygen atoms in total. The van der Waals surface area contributed by atoms with E-state index in [9.17, 15) is 0 Å². The van der Waals surface area contributed by atoms with Crippen LogP contribution in [0.15, 0.2) is 48.7 Å². The molecule has 3 rings (SSSR count). The van der Waals surface area contributed by atoms with Crippen LogP contribution >= 0.6 is 0 Å². The highest BCUT2D eigenvalue weighted by Gasteiger charge is 2.02. The summed E-state index contributed by atoms with van der Waals surface area (Å²) in [6.45, 7) is 0. The van der Waals surface area contributed by atoms with Gasteiger partial charge in [-0.1, -0.05) is 36.4 Å². The fraction of sp³-hybridized carbons (Fsp3) is 0. The Balaban J connectivity index is 2.61. The molecule has 0 atom stereocenters. The van der Waals surface area contributed by atoms with Gasteiger partial charge in [0.2, 0.25) is 0 Å². The lowest BCUT2D eigenvalue weighted by Crippen LogP contribution is -2.05. The Labute approximate surface area is 81.2 Å². The predicted octanol–water partition coefficient (Wildman–Crippen LogP) is 2.20. The van der Waals surface area contributed by atoms with Gasteiger partial charge in [-0.15, -0.1) is 5.10 Å². The second-order valence-electron chi connectivity index (χ2n) is 3.30. The number of aromatic nitrogens is 2. The summed E-state index contributed by atoms with van der Waals surface area (Å²) in [6.07, 6.45) is 1.84. The van der Waals surface area contributed by atoms with Gasteiger partial charge in [-0.05, 0) is 10.5 Å². The second-order valence-corrected chi connectivity index (χ2v) is 3.30. The molecule has 0 aliphatic carbocycles. The minimum absolute atomic E-state index is 1.03. The molecule has 1 aromatic heterocycles. The van der Waals surface area contributed by atoms with Crippen molar-refractivity contribution in [3.8, 4) is 0 Å². The van der Waals surface area contributed by atoms with Crippen LogP contribution in [0.25, 0.3) is 21.7 Å². The molecule has 1 N–H and O–H groups in total. The fourth-order valence-electron chi connectivity index (χ4n) is 1.76. The van der Waals surface area contributed by atoms with E-state index >= 15 is 0 Å². The number of fused-ring (bicyclic) bond motifs is 3. The van der Waals surface area contributed by atoms with Crippen molar-refractivity contribution in [1.29, 1.82) is 0 Å². The van der Waals surface area contributed by atoms with Crippen LogP contribution in [0, 0.1) is 0 Å². The Bertz CT molecular complexity index is 547. The maximum atomic E-state index is 4.28. The number of hydrogen-bond acceptors (Lipinski definition) is 1. The number of nitrogens with zero attached hydrogens (tertiary/aromatic N) is 1. The van der Waals surface area contributed by atoms with E-state index < -0.39 is 0 Å². The van der Waals surface area contributed by atoms with Crippen molar-refractivity contribution in [3.05, 3.63) is 48.7 Å². The molecule has 0 saturated carbocycles. The zero-order valence-electron chi connectivity index (χ0n) is 7.57. The standard InChI is InChI=1S/C12H8N2/c1-2-4-11-9(3-1)5-6-10-7-8-13-14-12(10)11/h1-8H/p+1. The minimum atomic E-state index is 1.03. The highest BCUT2D eigenvalue weighted by Crippen LogP contribution is 2.21. The number of hydrogen-bond donors (Lipinski definition) is 0. The molecule has 0 fully saturated rings. The van der Waals surface area contributed by atoms with Crippen LogP contribution in [-0.4, -0.2) is 5.10 Å². The minimum Gasteiger partial charge on any atom is -0.106 e. The Kier molecular flexibility index (Phi) is 1.47. The van der Waals surface area contributed by atoms with E-state index in [1.165, 1.54) is 16.2 Å². The van der Waals surface area contributed by atoms with Crippen LogP contribution in [-0.2, 0) is 0 Å². The number of aromatic amines is 1. The first-order valence-corrected chi connectivity index (χ1v) is 4.60. The van der Waals surface area contributed by atoms with Crippen molar-refractivity contribution in [1.82, 2.24) is 5.10 Å². The molecule has 14 heavy (non-hydrogen) atoms. The average Bonchev–Trinajstić information content (AvgIpc) is 2.29. The quantitative estimate of drug-likeness (QED) is 0.488. The van der Waals surface area contributed by atoms with Gasteiger partial charge in [-0.25, -0.2) is 0 Å². The zero-order chi connectivity index (χ0) is 9.38. The van der Waals surface area contributed by atoms with Crippen LogP contribution in [0.5, 0.6) is 0 Å². The van der Waals surface area contributed by atoms with Crippen LogP contribution in [0.4, 0.5) is 0 Å². The van der Waals surface area contributed by atoms with Gasteiger partial charge in [0.05, 0.1) is 0 Å². The van der Waals surface area contributed by atoms with Gasteiger partial charge in [-0.2, -0.15) is 0 Å². The van der Waals surface area contributed by atoms with Gasteiger partial charge in [0, 0.05) is 16.8 Å². The van der Waals surface area contributed by atoms with Crippen molar-refractivity contribution in [3.63, 3.8) is 0 Å². The molecule has 0 aliphatic heterocycles. The van der Waals surface area contributed by atoms with Gasteiger partial charge in [0.25, 0.3) is 0 Å². The van der Waals surface area contributed by atoms with Gasteiger partial charge < -0.3 is 0 Å². The molecular formula is C12H9N2+. The molecule has 0 aliphatic rings. The SMILES string of the molecule is c1ccc2c(c1)ccc1cc[nH+]nc12. The molecule has 0 bridgehead atoms. The third-order valence-corrected chi connectivity index (χ3v) is 2.45. The predicted molar refractivity (Wildman–Crippen MR) is 55.8 cm³/mol. The lowest BCUT2D eigenvalue weighted by Gasteiger charge is -1.98.